The number of hydrogen-bond acceptors (Lipinski definition) is 4. The highest BCUT2D eigenvalue weighted by Gasteiger charge is 2.18. The van der Waals surface area contributed by atoms with Crippen molar-refractivity contribution in [1.82, 2.24) is 4.72 Å². The Labute approximate surface area is 109 Å². The number of nitrogen functional groups attached to an aromatic ring is 1. The summed E-state index contributed by atoms with van der Waals surface area (Å²) in [4.78, 5) is 0.260. The van der Waals surface area contributed by atoms with Gasteiger partial charge in [-0.2, -0.15) is 0 Å². The third-order valence-electron chi connectivity index (χ3n) is 2.78. The van der Waals surface area contributed by atoms with E-state index in [1.165, 1.54) is 12.1 Å². The van der Waals surface area contributed by atoms with Crippen LogP contribution in [0.2, 0.25) is 0 Å². The number of hydrogen-bond donors (Lipinski definition) is 3. The first-order valence-electron chi connectivity index (χ1n) is 6.12. The molecular formula is C12H21N3O2S. The molecule has 5 nitrogen and oxygen atoms in total. The van der Waals surface area contributed by atoms with E-state index in [4.69, 9.17) is 5.84 Å². The predicted octanol–water partition coefficient (Wildman–Crippen LogP) is 1.83. The largest absolute Gasteiger partial charge is 0.324 e. The summed E-state index contributed by atoms with van der Waals surface area (Å²) < 4.78 is 26.9. The lowest BCUT2D eigenvalue weighted by atomic mass is 10.1. The molecule has 6 heteroatoms. The summed E-state index contributed by atoms with van der Waals surface area (Å²) in [5.41, 5.74) is 3.14. The molecule has 0 aliphatic rings. The molecule has 1 aromatic carbocycles. The third kappa shape index (κ3) is 3.97. The lowest BCUT2D eigenvalue weighted by Gasteiger charge is -2.16. The average molecular weight is 271 g/mol. The molecule has 102 valence electrons. The fourth-order valence-corrected chi connectivity index (χ4v) is 3.07. The van der Waals surface area contributed by atoms with Gasteiger partial charge in [0.25, 0.3) is 0 Å². The number of sulfonamides is 1. The van der Waals surface area contributed by atoms with Crippen molar-refractivity contribution >= 4 is 15.7 Å². The SMILES string of the molecule is CCCC(CC)NS(=O)(=O)c1ccc(NN)cc1. The molecule has 0 aliphatic heterocycles. The lowest BCUT2D eigenvalue weighted by Crippen LogP contribution is -2.34. The van der Waals surface area contributed by atoms with Crippen molar-refractivity contribution in [2.24, 2.45) is 5.84 Å². The molecule has 1 unspecified atom stereocenters. The van der Waals surface area contributed by atoms with Crippen LogP contribution in [0.15, 0.2) is 29.2 Å². The molecule has 0 aromatic heterocycles. The van der Waals surface area contributed by atoms with Gasteiger partial charge in [-0.25, -0.2) is 13.1 Å². The van der Waals surface area contributed by atoms with Crippen LogP contribution in [0.4, 0.5) is 5.69 Å². The van der Waals surface area contributed by atoms with E-state index < -0.39 is 10.0 Å². The molecule has 0 saturated carbocycles. The van der Waals surface area contributed by atoms with E-state index in [9.17, 15) is 8.42 Å². The number of anilines is 1. The van der Waals surface area contributed by atoms with Crippen molar-refractivity contribution in [3.63, 3.8) is 0 Å². The zero-order valence-electron chi connectivity index (χ0n) is 10.8. The van der Waals surface area contributed by atoms with E-state index in [1.807, 2.05) is 13.8 Å². The number of nitrogens with two attached hydrogens (primary N) is 1. The molecule has 0 aliphatic carbocycles. The number of benzene rings is 1. The maximum atomic E-state index is 12.1. The minimum atomic E-state index is -3.44. The van der Waals surface area contributed by atoms with Gasteiger partial charge in [0.05, 0.1) is 4.90 Å². The summed E-state index contributed by atoms with van der Waals surface area (Å²) in [5, 5.41) is 0. The highest BCUT2D eigenvalue weighted by Crippen LogP contribution is 2.14. The second-order valence-corrected chi connectivity index (χ2v) is 5.90. The Bertz CT molecular complexity index is 457. The van der Waals surface area contributed by atoms with Gasteiger partial charge in [-0.3, -0.25) is 5.84 Å². The standard InChI is InChI=1S/C12H21N3O2S/c1-3-5-10(4-2)15-18(16,17)12-8-6-11(14-13)7-9-12/h6-10,14-15H,3-5,13H2,1-2H3. The fraction of sp³-hybridized carbons (Fsp3) is 0.500. The molecule has 0 bridgehead atoms. The van der Waals surface area contributed by atoms with E-state index in [1.54, 1.807) is 12.1 Å². The van der Waals surface area contributed by atoms with Crippen LogP contribution in [-0.4, -0.2) is 14.5 Å². The highest BCUT2D eigenvalue weighted by atomic mass is 32.2. The summed E-state index contributed by atoms with van der Waals surface area (Å²) >= 11 is 0. The Kier molecular flexibility index (Phi) is 5.58. The molecular weight excluding hydrogens is 250 g/mol. The number of hydrazine groups is 1. The molecule has 1 aromatic rings. The minimum Gasteiger partial charge on any atom is -0.324 e. The zero-order valence-corrected chi connectivity index (χ0v) is 11.6. The second kappa shape index (κ2) is 6.72. The van der Waals surface area contributed by atoms with Gasteiger partial charge in [0.15, 0.2) is 0 Å². The fourth-order valence-electron chi connectivity index (χ4n) is 1.71. The van der Waals surface area contributed by atoms with Gasteiger partial charge < -0.3 is 5.43 Å². The molecule has 0 amide bonds. The first-order chi connectivity index (χ1) is 8.53. The minimum absolute atomic E-state index is 0.00712. The van der Waals surface area contributed by atoms with Gasteiger partial charge in [-0.05, 0) is 37.1 Å². The monoisotopic (exact) mass is 271 g/mol. The van der Waals surface area contributed by atoms with Crippen molar-refractivity contribution in [1.29, 1.82) is 0 Å². The molecule has 1 rings (SSSR count). The van der Waals surface area contributed by atoms with E-state index >= 15 is 0 Å². The van der Waals surface area contributed by atoms with Crippen LogP contribution < -0.4 is 16.0 Å². The quantitative estimate of drug-likeness (QED) is 0.522. The van der Waals surface area contributed by atoms with Crippen molar-refractivity contribution in [2.45, 2.75) is 44.0 Å². The zero-order chi connectivity index (χ0) is 13.6. The maximum Gasteiger partial charge on any atom is 0.240 e. The first kappa shape index (κ1) is 14.9. The summed E-state index contributed by atoms with van der Waals surface area (Å²) in [6.07, 6.45) is 2.59. The van der Waals surface area contributed by atoms with Crippen LogP contribution in [0.5, 0.6) is 0 Å². The molecule has 0 spiro atoms. The van der Waals surface area contributed by atoms with Crippen molar-refractivity contribution < 1.29 is 8.42 Å². The van der Waals surface area contributed by atoms with Crippen LogP contribution in [0, 0.1) is 0 Å². The molecule has 0 radical (unpaired) electrons. The summed E-state index contributed by atoms with van der Waals surface area (Å²) in [5.74, 6) is 5.24. The number of nitrogens with one attached hydrogen (secondary N) is 2. The van der Waals surface area contributed by atoms with Crippen molar-refractivity contribution in [2.75, 3.05) is 5.43 Å². The van der Waals surface area contributed by atoms with Crippen molar-refractivity contribution in [3.8, 4) is 0 Å². The summed E-state index contributed by atoms with van der Waals surface area (Å²) in [6.45, 7) is 4.02. The third-order valence-corrected chi connectivity index (χ3v) is 4.32. The van der Waals surface area contributed by atoms with Gasteiger partial charge in [-0.15, -0.1) is 0 Å². The Hall–Kier alpha value is -1.11. The van der Waals surface area contributed by atoms with E-state index in [0.717, 1.165) is 19.3 Å². The predicted molar refractivity (Wildman–Crippen MR) is 73.6 cm³/mol. The van der Waals surface area contributed by atoms with E-state index in [2.05, 4.69) is 10.1 Å². The van der Waals surface area contributed by atoms with E-state index in [0.29, 0.717) is 5.69 Å². The van der Waals surface area contributed by atoms with Crippen LogP contribution >= 0.6 is 0 Å². The first-order valence-corrected chi connectivity index (χ1v) is 7.60. The van der Waals surface area contributed by atoms with Crippen LogP contribution in [0.1, 0.15) is 33.1 Å². The van der Waals surface area contributed by atoms with Crippen molar-refractivity contribution in [3.05, 3.63) is 24.3 Å². The van der Waals surface area contributed by atoms with Crippen LogP contribution in [0.3, 0.4) is 0 Å². The molecule has 0 heterocycles. The van der Waals surface area contributed by atoms with Crippen LogP contribution in [0.25, 0.3) is 0 Å². The highest BCUT2D eigenvalue weighted by molar-refractivity contribution is 7.89. The van der Waals surface area contributed by atoms with Gasteiger partial charge in [0.2, 0.25) is 10.0 Å². The summed E-state index contributed by atoms with van der Waals surface area (Å²) in [7, 11) is -3.44. The lowest BCUT2D eigenvalue weighted by molar-refractivity contribution is 0.512. The molecule has 18 heavy (non-hydrogen) atoms. The number of rotatable bonds is 7. The van der Waals surface area contributed by atoms with E-state index in [-0.39, 0.29) is 10.9 Å². The Morgan fingerprint density at radius 2 is 1.83 bits per heavy atom. The van der Waals surface area contributed by atoms with Gasteiger partial charge in [0, 0.05) is 11.7 Å². The van der Waals surface area contributed by atoms with Gasteiger partial charge >= 0.3 is 0 Å². The molecule has 4 N–H and O–H groups in total. The Morgan fingerprint density at radius 1 is 1.22 bits per heavy atom. The smallest absolute Gasteiger partial charge is 0.240 e. The molecule has 1 atom stereocenters. The average Bonchev–Trinajstić information content (AvgIpc) is 2.38. The second-order valence-electron chi connectivity index (χ2n) is 4.18. The normalized spacial score (nSPS) is 13.3. The van der Waals surface area contributed by atoms with Gasteiger partial charge in [0.1, 0.15) is 0 Å². The summed E-state index contributed by atoms with van der Waals surface area (Å²) in [6, 6.07) is 6.34. The molecule has 0 saturated heterocycles. The van der Waals surface area contributed by atoms with Gasteiger partial charge in [-0.1, -0.05) is 20.3 Å². The maximum absolute atomic E-state index is 12.1. The Morgan fingerprint density at radius 3 is 2.28 bits per heavy atom. The van der Waals surface area contributed by atoms with Crippen LogP contribution in [-0.2, 0) is 10.0 Å². The topological polar surface area (TPSA) is 84.2 Å². The Balaban J connectivity index is 2.84. The molecule has 0 fully saturated rings.